The minimum absolute atomic E-state index is 0.331. The van der Waals surface area contributed by atoms with Crippen LogP contribution in [-0.2, 0) is 4.79 Å². The molecule has 0 aromatic carbocycles. The summed E-state index contributed by atoms with van der Waals surface area (Å²) < 4.78 is 0. The quantitative estimate of drug-likeness (QED) is 0.789. The van der Waals surface area contributed by atoms with E-state index < -0.39 is 0 Å². The van der Waals surface area contributed by atoms with Crippen molar-refractivity contribution in [2.75, 3.05) is 6.54 Å². The van der Waals surface area contributed by atoms with Crippen LogP contribution in [0.3, 0.4) is 0 Å². The number of hydrogen-bond donors (Lipinski definition) is 2. The minimum Gasteiger partial charge on any atom is -0.353 e. The predicted octanol–water partition coefficient (Wildman–Crippen LogP) is 3.24. The SMILES string of the molecule is CCCNC1CCC(NC(=O)CC2CC3CCC2C3)CC1. The number of carbonyl (C=O) groups excluding carboxylic acids is 1. The number of fused-ring (bicyclic) bond motifs is 2. The van der Waals surface area contributed by atoms with E-state index >= 15 is 0 Å². The van der Waals surface area contributed by atoms with Crippen molar-refractivity contribution in [3.63, 3.8) is 0 Å². The first-order chi connectivity index (χ1) is 10.2. The molecule has 3 nitrogen and oxygen atoms in total. The Hall–Kier alpha value is -0.570. The summed E-state index contributed by atoms with van der Waals surface area (Å²) in [6, 6.07) is 1.12. The molecule has 3 atom stereocenters. The van der Waals surface area contributed by atoms with Crippen LogP contribution < -0.4 is 10.6 Å². The molecule has 1 amide bonds. The van der Waals surface area contributed by atoms with Gasteiger partial charge in [-0.05, 0) is 75.7 Å². The van der Waals surface area contributed by atoms with Crippen molar-refractivity contribution < 1.29 is 4.79 Å². The number of carbonyl (C=O) groups is 1. The highest BCUT2D eigenvalue weighted by Crippen LogP contribution is 2.49. The highest BCUT2D eigenvalue weighted by molar-refractivity contribution is 5.76. The topological polar surface area (TPSA) is 41.1 Å². The summed E-state index contributed by atoms with van der Waals surface area (Å²) in [5.74, 6) is 2.85. The van der Waals surface area contributed by atoms with Gasteiger partial charge < -0.3 is 10.6 Å². The first-order valence-corrected chi connectivity index (χ1v) is 9.27. The summed E-state index contributed by atoms with van der Waals surface area (Å²) in [7, 11) is 0. The second kappa shape index (κ2) is 7.13. The molecular weight excluding hydrogens is 260 g/mol. The Morgan fingerprint density at radius 1 is 1.00 bits per heavy atom. The third-order valence-electron chi connectivity index (χ3n) is 6.11. The van der Waals surface area contributed by atoms with Gasteiger partial charge in [0.2, 0.25) is 5.91 Å². The lowest BCUT2D eigenvalue weighted by atomic mass is 9.86. The van der Waals surface area contributed by atoms with Gasteiger partial charge in [-0.25, -0.2) is 0 Å². The van der Waals surface area contributed by atoms with Gasteiger partial charge in [-0.15, -0.1) is 0 Å². The number of hydrogen-bond acceptors (Lipinski definition) is 2. The van der Waals surface area contributed by atoms with Crippen LogP contribution in [0.5, 0.6) is 0 Å². The average Bonchev–Trinajstić information content (AvgIpc) is 3.09. The lowest BCUT2D eigenvalue weighted by molar-refractivity contribution is -0.123. The fourth-order valence-electron chi connectivity index (χ4n) is 4.94. The first kappa shape index (κ1) is 15.3. The summed E-state index contributed by atoms with van der Waals surface area (Å²) in [6.45, 7) is 3.35. The fourth-order valence-corrected chi connectivity index (χ4v) is 4.94. The maximum atomic E-state index is 12.3. The van der Waals surface area contributed by atoms with Crippen molar-refractivity contribution in [1.29, 1.82) is 0 Å². The van der Waals surface area contributed by atoms with Gasteiger partial charge in [0.05, 0.1) is 0 Å². The van der Waals surface area contributed by atoms with E-state index in [2.05, 4.69) is 17.6 Å². The van der Waals surface area contributed by atoms with Gasteiger partial charge in [-0.1, -0.05) is 13.3 Å². The molecule has 21 heavy (non-hydrogen) atoms. The molecule has 120 valence electrons. The van der Waals surface area contributed by atoms with Gasteiger partial charge >= 0.3 is 0 Å². The van der Waals surface area contributed by atoms with Crippen molar-refractivity contribution in [2.45, 2.75) is 83.2 Å². The number of amides is 1. The minimum atomic E-state index is 0.331. The molecule has 0 spiro atoms. The Bertz CT molecular complexity index is 349. The van der Waals surface area contributed by atoms with Crippen LogP contribution in [0, 0.1) is 17.8 Å². The van der Waals surface area contributed by atoms with Crippen LogP contribution in [0.1, 0.15) is 71.1 Å². The van der Waals surface area contributed by atoms with E-state index in [0.717, 1.165) is 37.6 Å². The summed E-state index contributed by atoms with van der Waals surface area (Å²) in [6.07, 6.45) is 12.3. The first-order valence-electron chi connectivity index (χ1n) is 9.27. The molecule has 3 aliphatic rings. The normalized spacial score (nSPS) is 38.6. The maximum absolute atomic E-state index is 12.3. The van der Waals surface area contributed by atoms with Gasteiger partial charge in [-0.2, -0.15) is 0 Å². The van der Waals surface area contributed by atoms with Crippen LogP contribution in [0.25, 0.3) is 0 Å². The average molecular weight is 292 g/mol. The van der Waals surface area contributed by atoms with Gasteiger partial charge in [-0.3, -0.25) is 4.79 Å². The number of nitrogens with one attached hydrogen (secondary N) is 2. The highest BCUT2D eigenvalue weighted by atomic mass is 16.1. The van der Waals surface area contributed by atoms with Gasteiger partial charge in [0, 0.05) is 18.5 Å². The lowest BCUT2D eigenvalue weighted by Gasteiger charge is -2.30. The van der Waals surface area contributed by atoms with E-state index in [1.807, 2.05) is 0 Å². The van der Waals surface area contributed by atoms with Gasteiger partial charge in [0.15, 0.2) is 0 Å². The van der Waals surface area contributed by atoms with Crippen molar-refractivity contribution in [1.82, 2.24) is 10.6 Å². The molecule has 2 N–H and O–H groups in total. The van der Waals surface area contributed by atoms with E-state index in [-0.39, 0.29) is 0 Å². The Kier molecular flexibility index (Phi) is 5.20. The molecule has 3 fully saturated rings. The smallest absolute Gasteiger partial charge is 0.220 e. The molecule has 0 heterocycles. The summed E-state index contributed by atoms with van der Waals surface area (Å²) in [4.78, 5) is 12.3. The predicted molar refractivity (Wildman–Crippen MR) is 86.0 cm³/mol. The Balaban J connectivity index is 1.34. The van der Waals surface area contributed by atoms with Crippen LogP contribution in [0.4, 0.5) is 0 Å². The van der Waals surface area contributed by atoms with Crippen molar-refractivity contribution >= 4 is 5.91 Å². The Morgan fingerprint density at radius 2 is 1.76 bits per heavy atom. The summed E-state index contributed by atoms with van der Waals surface area (Å²) in [5.41, 5.74) is 0. The molecule has 0 saturated heterocycles. The summed E-state index contributed by atoms with van der Waals surface area (Å²) >= 11 is 0. The fraction of sp³-hybridized carbons (Fsp3) is 0.944. The zero-order valence-corrected chi connectivity index (χ0v) is 13.6. The van der Waals surface area contributed by atoms with Gasteiger partial charge in [0.1, 0.15) is 0 Å². The van der Waals surface area contributed by atoms with E-state index in [0.29, 0.717) is 23.9 Å². The molecule has 2 bridgehead atoms. The van der Waals surface area contributed by atoms with E-state index in [9.17, 15) is 4.79 Å². The Labute approximate surface area is 129 Å². The molecule has 0 radical (unpaired) electrons. The second-order valence-electron chi connectivity index (χ2n) is 7.71. The molecular formula is C18H32N2O. The van der Waals surface area contributed by atoms with Gasteiger partial charge in [0.25, 0.3) is 0 Å². The van der Waals surface area contributed by atoms with E-state index in [1.165, 1.54) is 44.9 Å². The maximum Gasteiger partial charge on any atom is 0.220 e. The number of rotatable bonds is 6. The van der Waals surface area contributed by atoms with Crippen LogP contribution >= 0.6 is 0 Å². The lowest BCUT2D eigenvalue weighted by Crippen LogP contribution is -2.42. The van der Waals surface area contributed by atoms with Crippen molar-refractivity contribution in [3.05, 3.63) is 0 Å². The molecule has 3 saturated carbocycles. The zero-order valence-electron chi connectivity index (χ0n) is 13.6. The molecule has 3 heteroatoms. The highest BCUT2D eigenvalue weighted by Gasteiger charge is 2.40. The van der Waals surface area contributed by atoms with E-state index in [1.54, 1.807) is 0 Å². The molecule has 0 aliphatic heterocycles. The van der Waals surface area contributed by atoms with E-state index in [4.69, 9.17) is 0 Å². The van der Waals surface area contributed by atoms with Crippen LogP contribution in [0.2, 0.25) is 0 Å². The molecule has 3 aliphatic carbocycles. The third-order valence-corrected chi connectivity index (χ3v) is 6.11. The monoisotopic (exact) mass is 292 g/mol. The third kappa shape index (κ3) is 4.00. The van der Waals surface area contributed by atoms with Crippen LogP contribution in [0.15, 0.2) is 0 Å². The molecule has 3 unspecified atom stereocenters. The molecule has 3 rings (SSSR count). The molecule has 0 aromatic rings. The second-order valence-corrected chi connectivity index (χ2v) is 7.71. The molecule has 0 aromatic heterocycles. The largest absolute Gasteiger partial charge is 0.353 e. The summed E-state index contributed by atoms with van der Waals surface area (Å²) in [5, 5.41) is 6.92. The standard InChI is InChI=1S/C18H32N2O/c1-2-9-19-16-5-7-17(8-6-16)20-18(21)12-15-11-13-3-4-14(15)10-13/h13-17,19H,2-12H2,1H3,(H,20,21). The Morgan fingerprint density at radius 3 is 2.38 bits per heavy atom. The van der Waals surface area contributed by atoms with Crippen LogP contribution in [-0.4, -0.2) is 24.5 Å². The van der Waals surface area contributed by atoms with Crippen molar-refractivity contribution in [2.24, 2.45) is 17.8 Å². The zero-order chi connectivity index (χ0) is 14.7. The van der Waals surface area contributed by atoms with Crippen molar-refractivity contribution in [3.8, 4) is 0 Å².